The molecule has 5 nitrogen and oxygen atoms in total. The summed E-state index contributed by atoms with van der Waals surface area (Å²) in [5.41, 5.74) is 0.912. The minimum atomic E-state index is 0.612. The third-order valence-corrected chi connectivity index (χ3v) is 2.64. The van der Waals surface area contributed by atoms with Crippen LogP contribution in [-0.4, -0.2) is 54.4 Å². The number of nitrogens with one attached hydrogen (secondary N) is 1. The van der Waals surface area contributed by atoms with Crippen molar-refractivity contribution in [2.45, 2.75) is 6.92 Å². The van der Waals surface area contributed by atoms with Crippen LogP contribution in [-0.2, 0) is 0 Å². The molecular formula is C11H18N4O. The van der Waals surface area contributed by atoms with Crippen molar-refractivity contribution in [3.05, 3.63) is 17.8 Å². The molecule has 1 aliphatic heterocycles. The van der Waals surface area contributed by atoms with Crippen LogP contribution in [0.5, 0.6) is 5.88 Å². The summed E-state index contributed by atoms with van der Waals surface area (Å²) in [6, 6.07) is 3.77. The molecule has 0 radical (unpaired) electrons. The van der Waals surface area contributed by atoms with Crippen molar-refractivity contribution in [1.29, 1.82) is 0 Å². The van der Waals surface area contributed by atoms with E-state index in [0.717, 1.165) is 38.4 Å². The number of hydrogen-bond donors (Lipinski definition) is 1. The normalized spacial score (nSPS) is 17.3. The molecule has 1 aromatic heterocycles. The first-order valence-corrected chi connectivity index (χ1v) is 5.71. The fourth-order valence-corrected chi connectivity index (χ4v) is 1.68. The van der Waals surface area contributed by atoms with Crippen LogP contribution in [0.25, 0.3) is 0 Å². The Morgan fingerprint density at radius 1 is 1.31 bits per heavy atom. The van der Waals surface area contributed by atoms with Gasteiger partial charge in [-0.15, -0.1) is 5.10 Å². The number of nitrogens with zero attached hydrogens (tertiary/aromatic N) is 3. The number of aryl methyl sites for hydroxylation is 1. The van der Waals surface area contributed by atoms with E-state index >= 15 is 0 Å². The van der Waals surface area contributed by atoms with E-state index in [2.05, 4.69) is 20.4 Å². The van der Waals surface area contributed by atoms with Gasteiger partial charge in [-0.25, -0.2) is 0 Å². The summed E-state index contributed by atoms with van der Waals surface area (Å²) in [6.45, 7) is 7.90. The van der Waals surface area contributed by atoms with Gasteiger partial charge in [0.15, 0.2) is 0 Å². The van der Waals surface area contributed by atoms with Crippen molar-refractivity contribution in [3.8, 4) is 5.88 Å². The molecule has 0 saturated carbocycles. The van der Waals surface area contributed by atoms with Gasteiger partial charge < -0.3 is 10.1 Å². The fourth-order valence-electron chi connectivity index (χ4n) is 1.68. The van der Waals surface area contributed by atoms with Crippen molar-refractivity contribution in [2.24, 2.45) is 0 Å². The van der Waals surface area contributed by atoms with Crippen LogP contribution >= 0.6 is 0 Å². The van der Waals surface area contributed by atoms with Crippen molar-refractivity contribution in [1.82, 2.24) is 20.4 Å². The molecule has 0 aliphatic carbocycles. The largest absolute Gasteiger partial charge is 0.475 e. The zero-order valence-electron chi connectivity index (χ0n) is 9.65. The van der Waals surface area contributed by atoms with E-state index in [9.17, 15) is 0 Å². The molecule has 5 heteroatoms. The Morgan fingerprint density at radius 2 is 2.12 bits per heavy atom. The third kappa shape index (κ3) is 3.43. The van der Waals surface area contributed by atoms with Crippen molar-refractivity contribution in [3.63, 3.8) is 0 Å². The molecule has 1 aromatic rings. The highest BCUT2D eigenvalue weighted by Crippen LogP contribution is 2.04. The Hall–Kier alpha value is -1.20. The molecule has 1 fully saturated rings. The van der Waals surface area contributed by atoms with Gasteiger partial charge in [-0.05, 0) is 13.0 Å². The van der Waals surface area contributed by atoms with Gasteiger partial charge in [0.05, 0.1) is 5.69 Å². The van der Waals surface area contributed by atoms with Gasteiger partial charge in [0, 0.05) is 38.8 Å². The quantitative estimate of drug-likeness (QED) is 0.781. The van der Waals surface area contributed by atoms with Crippen LogP contribution in [0.2, 0.25) is 0 Å². The summed E-state index contributed by atoms with van der Waals surface area (Å²) in [6.07, 6.45) is 0. The van der Waals surface area contributed by atoms with E-state index in [1.54, 1.807) is 0 Å². The van der Waals surface area contributed by atoms with Crippen LogP contribution in [0.15, 0.2) is 12.1 Å². The molecule has 88 valence electrons. The summed E-state index contributed by atoms with van der Waals surface area (Å²) < 4.78 is 5.53. The van der Waals surface area contributed by atoms with E-state index in [1.165, 1.54) is 0 Å². The lowest BCUT2D eigenvalue weighted by atomic mass is 10.4. The minimum Gasteiger partial charge on any atom is -0.475 e. The number of hydrogen-bond acceptors (Lipinski definition) is 5. The molecule has 2 heterocycles. The van der Waals surface area contributed by atoms with Crippen molar-refractivity contribution in [2.75, 3.05) is 39.3 Å². The molecule has 0 amide bonds. The lowest BCUT2D eigenvalue weighted by Crippen LogP contribution is -2.44. The summed E-state index contributed by atoms with van der Waals surface area (Å²) in [5, 5.41) is 11.2. The van der Waals surface area contributed by atoms with Crippen LogP contribution in [0.1, 0.15) is 5.69 Å². The second kappa shape index (κ2) is 5.77. The Balaban J connectivity index is 1.69. The second-order valence-corrected chi connectivity index (χ2v) is 3.95. The zero-order valence-corrected chi connectivity index (χ0v) is 9.65. The van der Waals surface area contributed by atoms with Gasteiger partial charge in [-0.2, -0.15) is 5.10 Å². The molecule has 0 bridgehead atoms. The highest BCUT2D eigenvalue weighted by molar-refractivity contribution is 5.10. The Morgan fingerprint density at radius 3 is 2.81 bits per heavy atom. The van der Waals surface area contributed by atoms with Gasteiger partial charge in [-0.3, -0.25) is 4.90 Å². The zero-order chi connectivity index (χ0) is 11.2. The molecule has 2 rings (SSSR count). The molecule has 1 saturated heterocycles. The number of piperazine rings is 1. The molecular weight excluding hydrogens is 204 g/mol. The van der Waals surface area contributed by atoms with Crippen molar-refractivity contribution >= 4 is 0 Å². The maximum atomic E-state index is 5.53. The predicted octanol–water partition coefficient (Wildman–Crippen LogP) is 0.0690. The smallest absolute Gasteiger partial charge is 0.233 e. The van der Waals surface area contributed by atoms with E-state index in [-0.39, 0.29) is 0 Å². The van der Waals surface area contributed by atoms with Gasteiger partial charge in [-0.1, -0.05) is 0 Å². The van der Waals surface area contributed by atoms with Crippen LogP contribution in [0.4, 0.5) is 0 Å². The predicted molar refractivity (Wildman–Crippen MR) is 61.6 cm³/mol. The van der Waals surface area contributed by atoms with Gasteiger partial charge in [0.25, 0.3) is 0 Å². The monoisotopic (exact) mass is 222 g/mol. The summed E-state index contributed by atoms with van der Waals surface area (Å²) in [4.78, 5) is 2.39. The highest BCUT2D eigenvalue weighted by atomic mass is 16.5. The fraction of sp³-hybridized carbons (Fsp3) is 0.636. The lowest BCUT2D eigenvalue weighted by Gasteiger charge is -2.26. The van der Waals surface area contributed by atoms with Crippen LogP contribution in [0.3, 0.4) is 0 Å². The molecule has 1 N–H and O–H groups in total. The minimum absolute atomic E-state index is 0.612. The van der Waals surface area contributed by atoms with Gasteiger partial charge in [0.1, 0.15) is 6.61 Å². The SMILES string of the molecule is Cc1ccc(OCCN2CCNCC2)nn1. The molecule has 0 spiro atoms. The average Bonchev–Trinajstić information content (AvgIpc) is 2.33. The number of ether oxygens (including phenoxy) is 1. The van der Waals surface area contributed by atoms with Crippen LogP contribution in [0, 0.1) is 6.92 Å². The Bertz CT molecular complexity index is 308. The first-order valence-electron chi connectivity index (χ1n) is 5.71. The first kappa shape index (κ1) is 11.3. The molecule has 16 heavy (non-hydrogen) atoms. The maximum Gasteiger partial charge on any atom is 0.233 e. The van der Waals surface area contributed by atoms with Crippen molar-refractivity contribution < 1.29 is 4.74 Å². The van der Waals surface area contributed by atoms with Gasteiger partial charge >= 0.3 is 0 Å². The summed E-state index contributed by atoms with van der Waals surface area (Å²) >= 11 is 0. The number of aromatic nitrogens is 2. The highest BCUT2D eigenvalue weighted by Gasteiger charge is 2.08. The molecule has 0 atom stereocenters. The maximum absolute atomic E-state index is 5.53. The van der Waals surface area contributed by atoms with E-state index < -0.39 is 0 Å². The van der Waals surface area contributed by atoms with E-state index in [1.807, 2.05) is 19.1 Å². The average molecular weight is 222 g/mol. The third-order valence-electron chi connectivity index (χ3n) is 2.64. The second-order valence-electron chi connectivity index (χ2n) is 3.95. The van der Waals surface area contributed by atoms with E-state index in [0.29, 0.717) is 12.5 Å². The lowest BCUT2D eigenvalue weighted by molar-refractivity contribution is 0.187. The number of rotatable bonds is 4. The summed E-state index contributed by atoms with van der Waals surface area (Å²) in [5.74, 6) is 0.612. The molecule has 1 aliphatic rings. The topological polar surface area (TPSA) is 50.3 Å². The molecule has 0 aromatic carbocycles. The Labute approximate surface area is 95.8 Å². The van der Waals surface area contributed by atoms with Crippen LogP contribution < -0.4 is 10.1 Å². The van der Waals surface area contributed by atoms with E-state index in [4.69, 9.17) is 4.74 Å². The van der Waals surface area contributed by atoms with Gasteiger partial charge in [0.2, 0.25) is 5.88 Å². The molecule has 0 unspecified atom stereocenters. The first-order chi connectivity index (χ1) is 7.84. The summed E-state index contributed by atoms with van der Waals surface area (Å²) in [7, 11) is 0. The standard InChI is InChI=1S/C11H18N4O/c1-10-2-3-11(14-13-10)16-9-8-15-6-4-12-5-7-15/h2-3,12H,4-9H2,1H3. The Kier molecular flexibility index (Phi) is 4.07.